The van der Waals surface area contributed by atoms with Crippen LogP contribution in [0.1, 0.15) is 46.2 Å². The van der Waals surface area contributed by atoms with Gasteiger partial charge in [0, 0.05) is 44.1 Å². The Hall–Kier alpha value is -2.87. The van der Waals surface area contributed by atoms with Crippen molar-refractivity contribution in [2.45, 2.75) is 31.7 Å². The summed E-state index contributed by atoms with van der Waals surface area (Å²) in [6, 6.07) is 5.29. The Morgan fingerprint density at radius 1 is 1.24 bits per heavy atom. The SMILES string of the molecule is CN1CCc2nc([C@@H]3CCCN(C(=O)c4ccc5c(c4)OCO5)C3)[nH]c(=O)c2C1. The van der Waals surface area contributed by atoms with Crippen molar-refractivity contribution in [2.24, 2.45) is 0 Å². The number of fused-ring (bicyclic) bond motifs is 2. The molecule has 1 amide bonds. The van der Waals surface area contributed by atoms with Crippen molar-refractivity contribution in [3.05, 3.63) is 51.2 Å². The van der Waals surface area contributed by atoms with E-state index in [0.29, 0.717) is 42.5 Å². The van der Waals surface area contributed by atoms with E-state index in [0.717, 1.165) is 37.1 Å². The molecule has 1 saturated heterocycles. The molecule has 1 aromatic heterocycles. The van der Waals surface area contributed by atoms with Crippen LogP contribution in [0.25, 0.3) is 0 Å². The highest BCUT2D eigenvalue weighted by molar-refractivity contribution is 5.95. The maximum Gasteiger partial charge on any atom is 0.255 e. The number of aromatic amines is 1. The Morgan fingerprint density at radius 3 is 3.00 bits per heavy atom. The van der Waals surface area contributed by atoms with Gasteiger partial charge in [-0.2, -0.15) is 0 Å². The third kappa shape index (κ3) is 3.37. The van der Waals surface area contributed by atoms with E-state index in [4.69, 9.17) is 14.5 Å². The van der Waals surface area contributed by atoms with Gasteiger partial charge in [0.05, 0.1) is 11.3 Å². The van der Waals surface area contributed by atoms with Crippen LogP contribution in [-0.4, -0.2) is 59.1 Å². The summed E-state index contributed by atoms with van der Waals surface area (Å²) in [5, 5.41) is 0. The molecule has 1 atom stereocenters. The largest absolute Gasteiger partial charge is 0.454 e. The normalized spacial score (nSPS) is 21.1. The summed E-state index contributed by atoms with van der Waals surface area (Å²) in [5.41, 5.74) is 2.22. The van der Waals surface area contributed by atoms with Gasteiger partial charge in [-0.25, -0.2) is 4.98 Å². The molecule has 0 saturated carbocycles. The molecule has 4 heterocycles. The van der Waals surface area contributed by atoms with Crippen LogP contribution in [-0.2, 0) is 13.0 Å². The topological polar surface area (TPSA) is 87.8 Å². The van der Waals surface area contributed by atoms with E-state index in [1.165, 1.54) is 0 Å². The smallest absolute Gasteiger partial charge is 0.255 e. The van der Waals surface area contributed by atoms with Gasteiger partial charge in [0.1, 0.15) is 5.82 Å². The molecule has 0 spiro atoms. The van der Waals surface area contributed by atoms with Crippen LogP contribution in [0.4, 0.5) is 0 Å². The maximum absolute atomic E-state index is 13.0. The zero-order valence-electron chi connectivity index (χ0n) is 16.4. The molecule has 3 aliphatic heterocycles. The average molecular weight is 396 g/mol. The summed E-state index contributed by atoms with van der Waals surface area (Å²) in [5.74, 6) is 1.99. The molecule has 0 radical (unpaired) electrons. The molecule has 0 bridgehead atoms. The van der Waals surface area contributed by atoms with Crippen molar-refractivity contribution in [1.82, 2.24) is 19.8 Å². The van der Waals surface area contributed by atoms with E-state index in [-0.39, 0.29) is 24.2 Å². The predicted octanol–water partition coefficient (Wildman–Crippen LogP) is 1.51. The van der Waals surface area contributed by atoms with Crippen LogP contribution < -0.4 is 15.0 Å². The van der Waals surface area contributed by atoms with Crippen LogP contribution in [0.5, 0.6) is 11.5 Å². The fraction of sp³-hybridized carbons (Fsp3) is 0.476. The maximum atomic E-state index is 13.0. The quantitative estimate of drug-likeness (QED) is 0.828. The third-order valence-electron chi connectivity index (χ3n) is 5.99. The van der Waals surface area contributed by atoms with Crippen LogP contribution in [0.15, 0.2) is 23.0 Å². The van der Waals surface area contributed by atoms with Crippen LogP contribution in [0.3, 0.4) is 0 Å². The summed E-state index contributed by atoms with van der Waals surface area (Å²) in [6.45, 7) is 2.98. The lowest BCUT2D eigenvalue weighted by atomic mass is 9.95. The molecular formula is C21H24N4O4. The van der Waals surface area contributed by atoms with Crippen molar-refractivity contribution in [3.63, 3.8) is 0 Å². The molecule has 2 aromatic rings. The summed E-state index contributed by atoms with van der Waals surface area (Å²) in [6.07, 6.45) is 2.58. The van der Waals surface area contributed by atoms with Crippen molar-refractivity contribution < 1.29 is 14.3 Å². The second-order valence-electron chi connectivity index (χ2n) is 8.02. The van der Waals surface area contributed by atoms with Crippen molar-refractivity contribution in [1.29, 1.82) is 0 Å². The fourth-order valence-corrected chi connectivity index (χ4v) is 4.37. The Balaban J connectivity index is 1.36. The summed E-state index contributed by atoms with van der Waals surface area (Å²) >= 11 is 0. The predicted molar refractivity (Wildman–Crippen MR) is 105 cm³/mol. The van der Waals surface area contributed by atoms with Crippen molar-refractivity contribution >= 4 is 5.91 Å². The Morgan fingerprint density at radius 2 is 2.10 bits per heavy atom. The van der Waals surface area contributed by atoms with Gasteiger partial charge in [-0.1, -0.05) is 0 Å². The zero-order valence-corrected chi connectivity index (χ0v) is 16.4. The minimum atomic E-state index is -0.0456. The zero-order chi connectivity index (χ0) is 20.0. The van der Waals surface area contributed by atoms with Gasteiger partial charge < -0.3 is 24.3 Å². The first-order chi connectivity index (χ1) is 14.1. The molecule has 3 aliphatic rings. The first kappa shape index (κ1) is 18.2. The Bertz CT molecular complexity index is 1020. The number of hydrogen-bond donors (Lipinski definition) is 1. The number of aromatic nitrogens is 2. The number of carbonyl (C=O) groups is 1. The second kappa shape index (κ2) is 7.18. The minimum Gasteiger partial charge on any atom is -0.454 e. The molecule has 0 unspecified atom stereocenters. The number of nitrogens with one attached hydrogen (secondary N) is 1. The summed E-state index contributed by atoms with van der Waals surface area (Å²) in [7, 11) is 2.01. The molecule has 29 heavy (non-hydrogen) atoms. The van der Waals surface area contributed by atoms with E-state index in [1.54, 1.807) is 18.2 Å². The Labute approximate surface area is 168 Å². The average Bonchev–Trinajstić information content (AvgIpc) is 3.21. The third-order valence-corrected chi connectivity index (χ3v) is 5.99. The lowest BCUT2D eigenvalue weighted by Crippen LogP contribution is -2.40. The summed E-state index contributed by atoms with van der Waals surface area (Å²) < 4.78 is 10.7. The van der Waals surface area contributed by atoms with Gasteiger partial charge in [-0.05, 0) is 38.1 Å². The van der Waals surface area contributed by atoms with Gasteiger partial charge >= 0.3 is 0 Å². The van der Waals surface area contributed by atoms with E-state index >= 15 is 0 Å². The number of benzene rings is 1. The van der Waals surface area contributed by atoms with E-state index in [2.05, 4.69) is 9.88 Å². The number of amides is 1. The monoisotopic (exact) mass is 396 g/mol. The van der Waals surface area contributed by atoms with E-state index in [9.17, 15) is 9.59 Å². The first-order valence-electron chi connectivity index (χ1n) is 10.1. The number of H-pyrrole nitrogens is 1. The number of nitrogens with zero attached hydrogens (tertiary/aromatic N) is 3. The number of likely N-dealkylation sites (N-methyl/N-ethyl adjacent to an activating group) is 1. The highest BCUT2D eigenvalue weighted by atomic mass is 16.7. The van der Waals surface area contributed by atoms with Crippen LogP contribution >= 0.6 is 0 Å². The molecule has 152 valence electrons. The summed E-state index contributed by atoms with van der Waals surface area (Å²) in [4.78, 5) is 37.4. The van der Waals surface area contributed by atoms with Gasteiger partial charge in [0.25, 0.3) is 11.5 Å². The number of carbonyl (C=O) groups excluding carboxylic acids is 1. The Kier molecular flexibility index (Phi) is 4.50. The number of piperidine rings is 1. The van der Waals surface area contributed by atoms with Gasteiger partial charge in [0.2, 0.25) is 6.79 Å². The standard InChI is InChI=1S/C21H24N4O4/c1-24-8-6-16-15(11-24)20(26)23-19(22-16)14-3-2-7-25(10-14)21(27)13-4-5-17-18(9-13)29-12-28-17/h4-5,9,14H,2-3,6-8,10-12H2,1H3,(H,22,23,26)/t14-/m1/s1. The van der Waals surface area contributed by atoms with Crippen LogP contribution in [0.2, 0.25) is 0 Å². The van der Waals surface area contributed by atoms with Gasteiger partial charge in [-0.15, -0.1) is 0 Å². The van der Waals surface area contributed by atoms with Gasteiger partial charge in [-0.3, -0.25) is 9.59 Å². The van der Waals surface area contributed by atoms with E-state index in [1.807, 2.05) is 11.9 Å². The number of rotatable bonds is 2. The molecule has 1 aromatic carbocycles. The molecule has 1 fully saturated rings. The van der Waals surface area contributed by atoms with Crippen molar-refractivity contribution in [3.8, 4) is 11.5 Å². The second-order valence-corrected chi connectivity index (χ2v) is 8.02. The first-order valence-corrected chi connectivity index (χ1v) is 10.1. The molecular weight excluding hydrogens is 372 g/mol. The molecule has 1 N–H and O–H groups in total. The lowest BCUT2D eigenvalue weighted by molar-refractivity contribution is 0.0704. The van der Waals surface area contributed by atoms with E-state index < -0.39 is 0 Å². The highest BCUT2D eigenvalue weighted by Gasteiger charge is 2.29. The molecule has 8 nitrogen and oxygen atoms in total. The fourth-order valence-electron chi connectivity index (χ4n) is 4.37. The van der Waals surface area contributed by atoms with Gasteiger partial charge in [0.15, 0.2) is 11.5 Å². The number of ether oxygens (including phenoxy) is 2. The van der Waals surface area contributed by atoms with Crippen LogP contribution in [0, 0.1) is 0 Å². The number of hydrogen-bond acceptors (Lipinski definition) is 6. The molecule has 5 rings (SSSR count). The molecule has 0 aliphatic carbocycles. The highest BCUT2D eigenvalue weighted by Crippen LogP contribution is 2.33. The minimum absolute atomic E-state index is 0.0325. The lowest BCUT2D eigenvalue weighted by Gasteiger charge is -2.33. The van der Waals surface area contributed by atoms with Crippen molar-refractivity contribution in [2.75, 3.05) is 33.5 Å². The molecule has 8 heteroatoms. The number of likely N-dealkylation sites (tertiary alicyclic amines) is 1.